The number of ether oxygens (including phenoxy) is 1. The van der Waals surface area contributed by atoms with Crippen LogP contribution in [-0.4, -0.2) is 16.8 Å². The number of allylic oxidation sites excluding steroid dienone is 1. The number of nitrogens with zero attached hydrogens (tertiary/aromatic N) is 1. The Morgan fingerprint density at radius 1 is 1.08 bits per heavy atom. The smallest absolute Gasteiger partial charge is 0.224 e. The van der Waals surface area contributed by atoms with Gasteiger partial charge in [0.15, 0.2) is 5.78 Å². The molecule has 0 saturated heterocycles. The summed E-state index contributed by atoms with van der Waals surface area (Å²) in [5, 5.41) is 15.0. The molecule has 0 radical (unpaired) electrons. The van der Waals surface area contributed by atoms with Crippen LogP contribution in [0.4, 0.5) is 11.4 Å². The number of carbonyl (C=O) groups excluding carboxylic acids is 2. The van der Waals surface area contributed by atoms with Gasteiger partial charge in [0.25, 0.3) is 0 Å². The second-order valence-corrected chi connectivity index (χ2v) is 11.3. The fourth-order valence-electron chi connectivity index (χ4n) is 5.28. The highest BCUT2D eigenvalue weighted by Gasteiger charge is 2.43. The SMILES string of the molecule is CC(=O)N1c2cccc(O)c2NC2=C(C(=O)CC(C)(C)C2)C1c1ccc(OCc2ccccc2Cl)cc1Cl. The summed E-state index contributed by atoms with van der Waals surface area (Å²) < 4.78 is 5.95. The standard InChI is InChI=1S/C30H28Cl2N2O4/c1-17(35)34-24-9-6-10-25(36)28(24)33-23-14-30(2,3)15-26(37)27(23)29(34)20-12-11-19(13-22(20)32)38-16-18-7-4-5-8-21(18)31/h4-13,29,33,36H,14-16H2,1-3H3. The van der Waals surface area contributed by atoms with Crippen molar-refractivity contribution in [3.63, 3.8) is 0 Å². The number of anilines is 2. The molecule has 0 saturated carbocycles. The number of hydrogen-bond donors (Lipinski definition) is 2. The summed E-state index contributed by atoms with van der Waals surface area (Å²) in [6.07, 6.45) is 0.898. The third-order valence-corrected chi connectivity index (χ3v) is 7.66. The van der Waals surface area contributed by atoms with E-state index >= 15 is 0 Å². The number of ketones is 1. The zero-order valence-electron chi connectivity index (χ0n) is 21.3. The minimum Gasteiger partial charge on any atom is -0.506 e. The lowest BCUT2D eigenvalue weighted by Gasteiger charge is -2.37. The molecule has 38 heavy (non-hydrogen) atoms. The van der Waals surface area contributed by atoms with Gasteiger partial charge in [0, 0.05) is 40.2 Å². The Hall–Kier alpha value is -3.48. The number of rotatable bonds is 4. The molecule has 196 valence electrons. The third-order valence-electron chi connectivity index (χ3n) is 6.97. The van der Waals surface area contributed by atoms with Crippen molar-refractivity contribution in [1.82, 2.24) is 0 Å². The number of hydrogen-bond acceptors (Lipinski definition) is 5. The average molecular weight is 551 g/mol. The van der Waals surface area contributed by atoms with E-state index in [1.54, 1.807) is 42.5 Å². The van der Waals surface area contributed by atoms with Crippen LogP contribution in [0.5, 0.6) is 11.5 Å². The lowest BCUT2D eigenvalue weighted by atomic mass is 9.73. The van der Waals surface area contributed by atoms with E-state index in [-0.39, 0.29) is 29.5 Å². The summed E-state index contributed by atoms with van der Waals surface area (Å²) in [4.78, 5) is 28.4. The first-order chi connectivity index (χ1) is 18.1. The van der Waals surface area contributed by atoms with E-state index in [0.29, 0.717) is 56.8 Å². The van der Waals surface area contributed by atoms with Gasteiger partial charge in [0.1, 0.15) is 23.8 Å². The Morgan fingerprint density at radius 3 is 2.55 bits per heavy atom. The first kappa shape index (κ1) is 26.1. The van der Waals surface area contributed by atoms with E-state index < -0.39 is 6.04 Å². The van der Waals surface area contributed by atoms with Crippen LogP contribution in [0.1, 0.15) is 50.8 Å². The summed E-state index contributed by atoms with van der Waals surface area (Å²) in [6, 6.07) is 16.9. The number of amides is 1. The van der Waals surface area contributed by atoms with Crippen molar-refractivity contribution < 1.29 is 19.4 Å². The van der Waals surface area contributed by atoms with E-state index in [2.05, 4.69) is 5.32 Å². The number of para-hydroxylation sites is 1. The van der Waals surface area contributed by atoms with E-state index in [0.717, 1.165) is 5.56 Å². The molecule has 2 aliphatic rings. The van der Waals surface area contributed by atoms with Crippen molar-refractivity contribution in [2.75, 3.05) is 10.2 Å². The first-order valence-corrected chi connectivity index (χ1v) is 13.1. The average Bonchev–Trinajstić information content (AvgIpc) is 2.98. The van der Waals surface area contributed by atoms with Gasteiger partial charge >= 0.3 is 0 Å². The van der Waals surface area contributed by atoms with Crippen LogP contribution in [0.15, 0.2) is 71.9 Å². The van der Waals surface area contributed by atoms with E-state index in [1.807, 2.05) is 32.0 Å². The Morgan fingerprint density at radius 2 is 1.84 bits per heavy atom. The first-order valence-electron chi connectivity index (χ1n) is 12.4. The second-order valence-electron chi connectivity index (χ2n) is 10.5. The van der Waals surface area contributed by atoms with Crippen molar-refractivity contribution in [2.24, 2.45) is 5.41 Å². The maximum Gasteiger partial charge on any atom is 0.224 e. The van der Waals surface area contributed by atoms with Gasteiger partial charge in [-0.3, -0.25) is 14.5 Å². The number of nitrogens with one attached hydrogen (secondary N) is 1. The number of aromatic hydroxyl groups is 1. The second kappa shape index (κ2) is 10.0. The van der Waals surface area contributed by atoms with Crippen LogP contribution in [0.25, 0.3) is 0 Å². The molecule has 3 aromatic rings. The predicted octanol–water partition coefficient (Wildman–Crippen LogP) is 7.44. The summed E-state index contributed by atoms with van der Waals surface area (Å²) in [7, 11) is 0. The molecule has 8 heteroatoms. The zero-order valence-corrected chi connectivity index (χ0v) is 22.9. The number of Topliss-reactive ketones (excluding diaryl/α,β-unsaturated/α-hetero) is 1. The molecule has 5 rings (SSSR count). The van der Waals surface area contributed by atoms with Crippen LogP contribution >= 0.6 is 23.2 Å². The van der Waals surface area contributed by atoms with Gasteiger partial charge in [-0.2, -0.15) is 0 Å². The quantitative estimate of drug-likeness (QED) is 0.330. The van der Waals surface area contributed by atoms with Gasteiger partial charge in [0.05, 0.1) is 11.7 Å². The molecule has 0 spiro atoms. The Bertz CT molecular complexity index is 1480. The zero-order chi connectivity index (χ0) is 27.2. The van der Waals surface area contributed by atoms with Crippen molar-refractivity contribution in [3.8, 4) is 11.5 Å². The molecule has 0 bridgehead atoms. The number of carbonyl (C=O) groups is 2. The molecule has 2 N–H and O–H groups in total. The molecule has 1 amide bonds. The van der Waals surface area contributed by atoms with E-state index in [4.69, 9.17) is 27.9 Å². The molecule has 0 aromatic heterocycles. The van der Waals surface area contributed by atoms with Crippen LogP contribution in [0.2, 0.25) is 10.0 Å². The van der Waals surface area contributed by atoms with Crippen LogP contribution in [0.3, 0.4) is 0 Å². The minimum absolute atomic E-state index is 0.00787. The highest BCUT2D eigenvalue weighted by atomic mass is 35.5. The van der Waals surface area contributed by atoms with Crippen molar-refractivity contribution >= 4 is 46.3 Å². The Labute approximate surface area is 231 Å². The largest absolute Gasteiger partial charge is 0.506 e. The van der Waals surface area contributed by atoms with E-state index in [9.17, 15) is 14.7 Å². The molecule has 3 aromatic carbocycles. The van der Waals surface area contributed by atoms with Crippen molar-refractivity contribution in [3.05, 3.63) is 93.1 Å². The minimum atomic E-state index is -0.785. The number of phenols is 1. The fourth-order valence-corrected chi connectivity index (χ4v) is 5.75. The highest BCUT2D eigenvalue weighted by Crippen LogP contribution is 2.51. The molecule has 1 heterocycles. The molecular formula is C30H28Cl2N2O4. The molecule has 1 aliphatic carbocycles. The predicted molar refractivity (Wildman–Crippen MR) is 150 cm³/mol. The molecule has 1 unspecified atom stereocenters. The number of halogens is 2. The van der Waals surface area contributed by atoms with Crippen LogP contribution in [0, 0.1) is 5.41 Å². The Balaban J connectivity index is 1.62. The summed E-state index contributed by atoms with van der Waals surface area (Å²) in [5.41, 5.74) is 3.15. The summed E-state index contributed by atoms with van der Waals surface area (Å²) >= 11 is 13.1. The number of benzene rings is 3. The Kier molecular flexibility index (Phi) is 6.88. The topological polar surface area (TPSA) is 78.9 Å². The molecule has 0 fully saturated rings. The van der Waals surface area contributed by atoms with Gasteiger partial charge in [0.2, 0.25) is 5.91 Å². The third kappa shape index (κ3) is 4.86. The summed E-state index contributed by atoms with van der Waals surface area (Å²) in [6.45, 7) is 5.77. The van der Waals surface area contributed by atoms with Gasteiger partial charge in [-0.05, 0) is 47.7 Å². The fraction of sp³-hybridized carbons (Fsp3) is 0.267. The van der Waals surface area contributed by atoms with Crippen molar-refractivity contribution in [2.45, 2.75) is 46.3 Å². The van der Waals surface area contributed by atoms with E-state index in [1.165, 1.54) is 11.8 Å². The molecule has 1 aliphatic heterocycles. The van der Waals surface area contributed by atoms with Crippen LogP contribution < -0.4 is 15.0 Å². The lowest BCUT2D eigenvalue weighted by Crippen LogP contribution is -2.38. The molecule has 6 nitrogen and oxygen atoms in total. The number of fused-ring (bicyclic) bond motifs is 1. The number of phenolic OH excluding ortho intramolecular Hbond substituents is 1. The summed E-state index contributed by atoms with van der Waals surface area (Å²) in [5.74, 6) is 0.169. The van der Waals surface area contributed by atoms with Gasteiger partial charge < -0.3 is 15.2 Å². The molecular weight excluding hydrogens is 523 g/mol. The van der Waals surface area contributed by atoms with Gasteiger partial charge in [-0.1, -0.05) is 67.4 Å². The monoisotopic (exact) mass is 550 g/mol. The van der Waals surface area contributed by atoms with Gasteiger partial charge in [-0.15, -0.1) is 0 Å². The molecule has 1 atom stereocenters. The highest BCUT2D eigenvalue weighted by molar-refractivity contribution is 6.32. The van der Waals surface area contributed by atoms with Crippen LogP contribution in [-0.2, 0) is 16.2 Å². The maximum absolute atomic E-state index is 13.7. The van der Waals surface area contributed by atoms with Crippen molar-refractivity contribution in [1.29, 1.82) is 0 Å². The maximum atomic E-state index is 13.7. The van der Waals surface area contributed by atoms with Gasteiger partial charge in [-0.25, -0.2) is 0 Å². The lowest BCUT2D eigenvalue weighted by molar-refractivity contribution is -0.118. The normalized spacial score (nSPS) is 18.3.